The minimum Gasteiger partial charge on any atom is -0.449 e. The van der Waals surface area contributed by atoms with E-state index in [0.29, 0.717) is 5.69 Å². The predicted octanol–water partition coefficient (Wildman–Crippen LogP) is 3.42. The molecule has 1 aliphatic rings. The van der Waals surface area contributed by atoms with Crippen molar-refractivity contribution in [1.29, 1.82) is 0 Å². The van der Waals surface area contributed by atoms with Crippen LogP contribution in [0.2, 0.25) is 0 Å². The third kappa shape index (κ3) is 6.19. The summed E-state index contributed by atoms with van der Waals surface area (Å²) in [5.74, 6) is -0.933. The average Bonchev–Trinajstić information content (AvgIpc) is 2.74. The molecule has 0 bridgehead atoms. The van der Waals surface area contributed by atoms with E-state index >= 15 is 0 Å². The van der Waals surface area contributed by atoms with Gasteiger partial charge in [-0.2, -0.15) is 0 Å². The van der Waals surface area contributed by atoms with Crippen molar-refractivity contribution in [2.45, 2.75) is 20.0 Å². The number of carbonyl (C=O) groups excluding carboxylic acids is 2. The Morgan fingerprint density at radius 2 is 1.72 bits per heavy atom. The Hall–Kier alpha value is -3.12. The number of carbonyl (C=O) groups is 2. The van der Waals surface area contributed by atoms with Gasteiger partial charge in [-0.15, -0.1) is 0 Å². The Balaban J connectivity index is 1.49. The summed E-state index contributed by atoms with van der Waals surface area (Å²) < 4.78 is 10.5. The molecule has 6 heteroatoms. The van der Waals surface area contributed by atoms with Crippen LogP contribution < -0.4 is 10.2 Å². The van der Waals surface area contributed by atoms with Gasteiger partial charge in [0.05, 0.1) is 13.2 Å². The molecule has 0 unspecified atom stereocenters. The van der Waals surface area contributed by atoms with Gasteiger partial charge in [0.15, 0.2) is 6.10 Å². The fraction of sp³-hybridized carbons (Fsp3) is 0.304. The number of aryl methyl sites for hydroxylation is 1. The second-order valence-electron chi connectivity index (χ2n) is 6.96. The number of rotatable bonds is 6. The molecule has 0 radical (unpaired) electrons. The average molecular weight is 394 g/mol. The molecule has 1 saturated heterocycles. The number of esters is 1. The van der Waals surface area contributed by atoms with Crippen LogP contribution in [-0.4, -0.2) is 44.3 Å². The van der Waals surface area contributed by atoms with Crippen LogP contribution in [-0.2, 0) is 19.1 Å². The van der Waals surface area contributed by atoms with Crippen LogP contribution >= 0.6 is 0 Å². The summed E-state index contributed by atoms with van der Waals surface area (Å²) in [6.45, 7) is 6.70. The highest BCUT2D eigenvalue weighted by molar-refractivity contribution is 5.96. The number of nitrogens with one attached hydrogen (secondary N) is 1. The van der Waals surface area contributed by atoms with E-state index in [1.807, 2.05) is 55.5 Å². The zero-order chi connectivity index (χ0) is 20.6. The lowest BCUT2D eigenvalue weighted by Gasteiger charge is -2.28. The molecular weight excluding hydrogens is 368 g/mol. The van der Waals surface area contributed by atoms with Crippen molar-refractivity contribution in [3.05, 3.63) is 65.7 Å². The normalized spacial score (nSPS) is 15.2. The first-order chi connectivity index (χ1) is 14.0. The number of morpholine rings is 1. The van der Waals surface area contributed by atoms with Crippen LogP contribution in [0, 0.1) is 6.92 Å². The molecule has 0 saturated carbocycles. The Morgan fingerprint density at radius 3 is 2.38 bits per heavy atom. The van der Waals surface area contributed by atoms with Gasteiger partial charge in [-0.3, -0.25) is 4.79 Å². The Kier molecular flexibility index (Phi) is 7.03. The third-order valence-electron chi connectivity index (χ3n) is 4.66. The highest BCUT2D eigenvalue weighted by Crippen LogP contribution is 2.19. The van der Waals surface area contributed by atoms with E-state index < -0.39 is 12.1 Å². The molecule has 1 fully saturated rings. The first-order valence-corrected chi connectivity index (χ1v) is 9.70. The SMILES string of the molecule is Cc1ccc(/C=C/C(=O)O[C@H](C)C(=O)Nc2ccc(N3CCOCC3)cc2)cc1. The molecule has 1 aliphatic heterocycles. The number of anilines is 2. The molecule has 152 valence electrons. The van der Waals surface area contributed by atoms with E-state index in [4.69, 9.17) is 9.47 Å². The van der Waals surface area contributed by atoms with Gasteiger partial charge in [0, 0.05) is 30.5 Å². The van der Waals surface area contributed by atoms with Crippen LogP contribution in [0.4, 0.5) is 11.4 Å². The van der Waals surface area contributed by atoms with E-state index in [0.717, 1.165) is 43.1 Å². The van der Waals surface area contributed by atoms with Gasteiger partial charge in [-0.25, -0.2) is 4.79 Å². The molecule has 1 atom stereocenters. The zero-order valence-electron chi connectivity index (χ0n) is 16.8. The monoisotopic (exact) mass is 394 g/mol. The molecule has 1 N–H and O–H groups in total. The standard InChI is InChI=1S/C23H26N2O4/c1-17-3-5-19(6-4-17)7-12-22(26)29-18(2)23(27)24-20-8-10-21(11-9-20)25-13-15-28-16-14-25/h3-12,18H,13-16H2,1-2H3,(H,24,27)/b12-7+/t18-/m1/s1. The number of benzene rings is 2. The molecule has 3 rings (SSSR count). The molecule has 6 nitrogen and oxygen atoms in total. The smallest absolute Gasteiger partial charge is 0.331 e. The van der Waals surface area contributed by atoms with Crippen LogP contribution in [0.25, 0.3) is 6.08 Å². The van der Waals surface area contributed by atoms with E-state index in [1.54, 1.807) is 13.0 Å². The van der Waals surface area contributed by atoms with Gasteiger partial charge in [0.2, 0.25) is 0 Å². The minimum atomic E-state index is -0.899. The maximum absolute atomic E-state index is 12.3. The fourth-order valence-corrected chi connectivity index (χ4v) is 2.93. The van der Waals surface area contributed by atoms with Crippen molar-refractivity contribution in [2.24, 2.45) is 0 Å². The summed E-state index contributed by atoms with van der Waals surface area (Å²) in [5, 5.41) is 2.77. The first kappa shape index (κ1) is 20.6. The summed E-state index contributed by atoms with van der Waals surface area (Å²) in [7, 11) is 0. The molecule has 0 aromatic heterocycles. The molecule has 0 spiro atoms. The summed E-state index contributed by atoms with van der Waals surface area (Å²) in [4.78, 5) is 26.5. The molecule has 2 aromatic rings. The number of nitrogens with zero attached hydrogens (tertiary/aromatic N) is 1. The third-order valence-corrected chi connectivity index (χ3v) is 4.66. The molecule has 1 amide bonds. The number of hydrogen-bond acceptors (Lipinski definition) is 5. The van der Waals surface area contributed by atoms with Crippen molar-refractivity contribution < 1.29 is 19.1 Å². The van der Waals surface area contributed by atoms with Crippen molar-refractivity contribution in [1.82, 2.24) is 0 Å². The molecular formula is C23H26N2O4. The maximum atomic E-state index is 12.3. The quantitative estimate of drug-likeness (QED) is 0.601. The Bertz CT molecular complexity index is 853. The first-order valence-electron chi connectivity index (χ1n) is 9.70. The van der Waals surface area contributed by atoms with Gasteiger partial charge < -0.3 is 19.7 Å². The van der Waals surface area contributed by atoms with E-state index in [-0.39, 0.29) is 5.91 Å². The molecule has 29 heavy (non-hydrogen) atoms. The number of hydrogen-bond donors (Lipinski definition) is 1. The summed E-state index contributed by atoms with van der Waals surface area (Å²) >= 11 is 0. The van der Waals surface area contributed by atoms with Gasteiger partial charge in [0.25, 0.3) is 5.91 Å². The lowest BCUT2D eigenvalue weighted by molar-refractivity contribution is -0.148. The molecule has 0 aliphatic carbocycles. The number of amides is 1. The molecule has 2 aromatic carbocycles. The largest absolute Gasteiger partial charge is 0.449 e. The van der Waals surface area contributed by atoms with E-state index in [2.05, 4.69) is 10.2 Å². The van der Waals surface area contributed by atoms with Crippen molar-refractivity contribution >= 4 is 29.3 Å². The van der Waals surface area contributed by atoms with Crippen molar-refractivity contribution in [3.63, 3.8) is 0 Å². The van der Waals surface area contributed by atoms with Crippen molar-refractivity contribution in [2.75, 3.05) is 36.5 Å². The van der Waals surface area contributed by atoms with Crippen molar-refractivity contribution in [3.8, 4) is 0 Å². The van der Waals surface area contributed by atoms with Gasteiger partial charge in [0.1, 0.15) is 0 Å². The summed E-state index contributed by atoms with van der Waals surface area (Å²) in [6, 6.07) is 15.4. The van der Waals surface area contributed by atoms with E-state index in [1.165, 1.54) is 6.08 Å². The second kappa shape index (κ2) is 9.89. The van der Waals surface area contributed by atoms with Gasteiger partial charge in [-0.05, 0) is 49.8 Å². The maximum Gasteiger partial charge on any atom is 0.331 e. The van der Waals surface area contributed by atoms with Gasteiger partial charge >= 0.3 is 5.97 Å². The lowest BCUT2D eigenvalue weighted by Crippen LogP contribution is -2.36. The highest BCUT2D eigenvalue weighted by Gasteiger charge is 2.17. The fourth-order valence-electron chi connectivity index (χ4n) is 2.93. The van der Waals surface area contributed by atoms with Crippen LogP contribution in [0.5, 0.6) is 0 Å². The lowest BCUT2D eigenvalue weighted by atomic mass is 10.1. The highest BCUT2D eigenvalue weighted by atomic mass is 16.5. The van der Waals surface area contributed by atoms with Crippen LogP contribution in [0.1, 0.15) is 18.1 Å². The summed E-state index contributed by atoms with van der Waals surface area (Å²) in [6.07, 6.45) is 2.09. The topological polar surface area (TPSA) is 67.9 Å². The number of ether oxygens (including phenoxy) is 2. The zero-order valence-corrected chi connectivity index (χ0v) is 16.8. The Labute approximate surface area is 171 Å². The minimum absolute atomic E-state index is 0.374. The predicted molar refractivity (Wildman–Crippen MR) is 114 cm³/mol. The van der Waals surface area contributed by atoms with Crippen LogP contribution in [0.3, 0.4) is 0 Å². The van der Waals surface area contributed by atoms with Gasteiger partial charge in [-0.1, -0.05) is 29.8 Å². The second-order valence-corrected chi connectivity index (χ2v) is 6.96. The van der Waals surface area contributed by atoms with E-state index in [9.17, 15) is 9.59 Å². The Morgan fingerprint density at radius 1 is 1.07 bits per heavy atom. The van der Waals surface area contributed by atoms with Crippen LogP contribution in [0.15, 0.2) is 54.6 Å². The molecule has 1 heterocycles. The summed E-state index contributed by atoms with van der Waals surface area (Å²) in [5.41, 5.74) is 3.79.